The van der Waals surface area contributed by atoms with Gasteiger partial charge in [0.15, 0.2) is 0 Å². The number of nitrogens with one attached hydrogen (secondary N) is 2. The number of carbonyl (C=O) groups is 2. The van der Waals surface area contributed by atoms with Gasteiger partial charge in [0.2, 0.25) is 0 Å². The molecule has 1 fully saturated rings. The fourth-order valence-corrected chi connectivity index (χ4v) is 1.52. The van der Waals surface area contributed by atoms with Crippen LogP contribution in [0.5, 0.6) is 0 Å². The second kappa shape index (κ2) is 4.29. The Morgan fingerprint density at radius 3 is 2.61 bits per heavy atom. The highest BCUT2D eigenvalue weighted by Gasteiger charge is 2.38. The molecule has 0 atom stereocenters. The molecule has 1 aliphatic rings. The number of rotatable bonds is 3. The summed E-state index contributed by atoms with van der Waals surface area (Å²) in [5, 5.41) is 14.0. The summed E-state index contributed by atoms with van der Waals surface area (Å²) in [7, 11) is 0. The lowest BCUT2D eigenvalue weighted by molar-refractivity contribution is 0.0692. The van der Waals surface area contributed by atoms with Gasteiger partial charge in [-0.05, 0) is 38.0 Å². The van der Waals surface area contributed by atoms with E-state index < -0.39 is 23.4 Å². The normalized spacial score (nSPS) is 15.9. The van der Waals surface area contributed by atoms with Crippen LogP contribution in [0.1, 0.15) is 30.1 Å². The molecule has 1 aliphatic carbocycles. The highest BCUT2D eigenvalue weighted by Crippen LogP contribution is 2.34. The minimum Gasteiger partial charge on any atom is -0.478 e. The van der Waals surface area contributed by atoms with Gasteiger partial charge < -0.3 is 15.7 Å². The Labute approximate surface area is 103 Å². The second-order valence-corrected chi connectivity index (χ2v) is 4.64. The van der Waals surface area contributed by atoms with Crippen LogP contribution in [0.15, 0.2) is 18.2 Å². The molecule has 0 spiro atoms. The molecule has 0 aliphatic heterocycles. The van der Waals surface area contributed by atoms with Crippen LogP contribution in [0.2, 0.25) is 0 Å². The zero-order chi connectivity index (χ0) is 13.3. The largest absolute Gasteiger partial charge is 0.478 e. The standard InChI is InChI=1S/C12H13FN2O3/c1-12(4-5-12)15-11(18)14-7-2-3-9(13)8(6-7)10(16)17/h2-3,6H,4-5H2,1H3,(H,16,17)(H2,14,15,18). The zero-order valence-corrected chi connectivity index (χ0v) is 9.79. The smallest absolute Gasteiger partial charge is 0.338 e. The van der Waals surface area contributed by atoms with Gasteiger partial charge in [0.25, 0.3) is 0 Å². The topological polar surface area (TPSA) is 78.4 Å². The number of carbonyl (C=O) groups excluding carboxylic acids is 1. The van der Waals surface area contributed by atoms with E-state index >= 15 is 0 Å². The molecule has 96 valence electrons. The van der Waals surface area contributed by atoms with Crippen molar-refractivity contribution >= 4 is 17.7 Å². The van der Waals surface area contributed by atoms with Crippen LogP contribution in [0.4, 0.5) is 14.9 Å². The summed E-state index contributed by atoms with van der Waals surface area (Å²) in [4.78, 5) is 22.3. The molecule has 0 aromatic heterocycles. The average molecular weight is 252 g/mol. The summed E-state index contributed by atoms with van der Waals surface area (Å²) in [6.45, 7) is 1.92. The number of hydrogen-bond acceptors (Lipinski definition) is 2. The number of halogens is 1. The van der Waals surface area contributed by atoms with Gasteiger partial charge in [-0.3, -0.25) is 0 Å². The van der Waals surface area contributed by atoms with E-state index in [9.17, 15) is 14.0 Å². The molecule has 1 aromatic rings. The third-order valence-corrected chi connectivity index (χ3v) is 2.87. The fourth-order valence-electron chi connectivity index (χ4n) is 1.52. The molecule has 0 unspecified atom stereocenters. The molecule has 0 bridgehead atoms. The van der Waals surface area contributed by atoms with Crippen molar-refractivity contribution in [3.8, 4) is 0 Å². The summed E-state index contributed by atoms with van der Waals surface area (Å²) in [6, 6.07) is 3.00. The molecule has 1 saturated carbocycles. The molecule has 0 saturated heterocycles. The summed E-state index contributed by atoms with van der Waals surface area (Å²) >= 11 is 0. The summed E-state index contributed by atoms with van der Waals surface area (Å²) in [5.41, 5.74) is -0.388. The average Bonchev–Trinajstić information content (AvgIpc) is 2.98. The predicted octanol–water partition coefficient (Wildman–Crippen LogP) is 2.20. The lowest BCUT2D eigenvalue weighted by atomic mass is 10.2. The molecular weight excluding hydrogens is 239 g/mol. The number of benzene rings is 1. The minimum atomic E-state index is -1.37. The van der Waals surface area contributed by atoms with Gasteiger partial charge in [-0.15, -0.1) is 0 Å². The summed E-state index contributed by atoms with van der Waals surface area (Å²) in [5.74, 6) is -2.20. The molecule has 2 amide bonds. The summed E-state index contributed by atoms with van der Waals surface area (Å²) in [6.07, 6.45) is 1.84. The molecule has 6 heteroatoms. The molecular formula is C12H13FN2O3. The van der Waals surface area contributed by atoms with E-state index in [1.807, 2.05) is 6.92 Å². The second-order valence-electron chi connectivity index (χ2n) is 4.64. The number of amides is 2. The molecule has 5 nitrogen and oxygen atoms in total. The molecule has 18 heavy (non-hydrogen) atoms. The first-order valence-corrected chi connectivity index (χ1v) is 5.52. The van der Waals surface area contributed by atoms with Gasteiger partial charge in [0, 0.05) is 11.2 Å². The summed E-state index contributed by atoms with van der Waals surface area (Å²) < 4.78 is 13.1. The van der Waals surface area contributed by atoms with Crippen LogP contribution in [-0.4, -0.2) is 22.6 Å². The number of carboxylic acid groups (broad SMARTS) is 1. The fraction of sp³-hybridized carbons (Fsp3) is 0.333. The van der Waals surface area contributed by atoms with E-state index in [1.54, 1.807) is 0 Å². The Kier molecular flexibility index (Phi) is 2.94. The van der Waals surface area contributed by atoms with Crippen LogP contribution in [0.25, 0.3) is 0 Å². The third kappa shape index (κ3) is 2.77. The van der Waals surface area contributed by atoms with Crippen molar-refractivity contribution in [1.29, 1.82) is 0 Å². The maximum absolute atomic E-state index is 13.1. The molecule has 0 radical (unpaired) electrons. The van der Waals surface area contributed by atoms with Crippen molar-refractivity contribution in [3.05, 3.63) is 29.6 Å². The Morgan fingerprint density at radius 2 is 2.06 bits per heavy atom. The highest BCUT2D eigenvalue weighted by molar-refractivity contribution is 5.93. The van der Waals surface area contributed by atoms with Crippen molar-refractivity contribution in [3.63, 3.8) is 0 Å². The van der Waals surface area contributed by atoms with Crippen molar-refractivity contribution in [2.45, 2.75) is 25.3 Å². The Balaban J connectivity index is 2.07. The quantitative estimate of drug-likeness (QED) is 0.771. The van der Waals surface area contributed by atoms with Crippen molar-refractivity contribution < 1.29 is 19.1 Å². The van der Waals surface area contributed by atoms with Crippen molar-refractivity contribution in [2.24, 2.45) is 0 Å². The third-order valence-electron chi connectivity index (χ3n) is 2.87. The first-order chi connectivity index (χ1) is 8.39. The lowest BCUT2D eigenvalue weighted by Gasteiger charge is -2.13. The maximum Gasteiger partial charge on any atom is 0.338 e. The SMILES string of the molecule is CC1(NC(=O)Nc2ccc(F)c(C(=O)O)c2)CC1. The zero-order valence-electron chi connectivity index (χ0n) is 9.79. The molecule has 0 heterocycles. The predicted molar refractivity (Wildman–Crippen MR) is 63.2 cm³/mol. The Bertz CT molecular complexity index is 512. The van der Waals surface area contributed by atoms with Crippen LogP contribution in [0, 0.1) is 5.82 Å². The Hall–Kier alpha value is -2.11. The number of anilines is 1. The minimum absolute atomic E-state index is 0.167. The van der Waals surface area contributed by atoms with Gasteiger partial charge in [0.05, 0.1) is 5.56 Å². The number of carboxylic acids is 1. The number of aromatic carboxylic acids is 1. The van der Waals surface area contributed by atoms with Crippen LogP contribution in [-0.2, 0) is 0 Å². The molecule has 2 rings (SSSR count). The Morgan fingerprint density at radius 1 is 1.39 bits per heavy atom. The van der Waals surface area contributed by atoms with E-state index in [0.29, 0.717) is 0 Å². The van der Waals surface area contributed by atoms with Gasteiger partial charge in [-0.1, -0.05) is 0 Å². The van der Waals surface area contributed by atoms with Crippen LogP contribution in [0.3, 0.4) is 0 Å². The maximum atomic E-state index is 13.1. The van der Waals surface area contributed by atoms with E-state index in [2.05, 4.69) is 10.6 Å². The first-order valence-electron chi connectivity index (χ1n) is 5.52. The highest BCUT2D eigenvalue weighted by atomic mass is 19.1. The number of urea groups is 1. The van der Waals surface area contributed by atoms with Crippen LogP contribution >= 0.6 is 0 Å². The molecule has 1 aromatic carbocycles. The number of hydrogen-bond donors (Lipinski definition) is 3. The van der Waals surface area contributed by atoms with E-state index in [-0.39, 0.29) is 11.2 Å². The van der Waals surface area contributed by atoms with Gasteiger partial charge >= 0.3 is 12.0 Å². The van der Waals surface area contributed by atoms with E-state index in [1.165, 1.54) is 6.07 Å². The monoisotopic (exact) mass is 252 g/mol. The van der Waals surface area contributed by atoms with Gasteiger partial charge in [0.1, 0.15) is 5.82 Å². The van der Waals surface area contributed by atoms with Crippen LogP contribution < -0.4 is 10.6 Å². The van der Waals surface area contributed by atoms with Gasteiger partial charge in [-0.25, -0.2) is 14.0 Å². The first kappa shape index (κ1) is 12.3. The molecule has 3 N–H and O–H groups in total. The van der Waals surface area contributed by atoms with Crippen molar-refractivity contribution in [2.75, 3.05) is 5.32 Å². The lowest BCUT2D eigenvalue weighted by Crippen LogP contribution is -2.37. The van der Waals surface area contributed by atoms with E-state index in [4.69, 9.17) is 5.11 Å². The van der Waals surface area contributed by atoms with Crippen molar-refractivity contribution in [1.82, 2.24) is 5.32 Å². The van der Waals surface area contributed by atoms with Gasteiger partial charge in [-0.2, -0.15) is 0 Å². The van der Waals surface area contributed by atoms with E-state index in [0.717, 1.165) is 25.0 Å².